The van der Waals surface area contributed by atoms with E-state index in [1.165, 1.54) is 0 Å². The minimum absolute atomic E-state index is 0.0902. The number of fused-ring (bicyclic) bond motifs is 1. The number of allylic oxidation sites excluding steroid dienone is 1. The van der Waals surface area contributed by atoms with Gasteiger partial charge < -0.3 is 15.2 Å². The molecule has 1 aliphatic rings. The van der Waals surface area contributed by atoms with Crippen LogP contribution in [0.15, 0.2) is 54.0 Å². The number of nitrogens with zero attached hydrogens (tertiary/aromatic N) is 2. The molecule has 146 valence electrons. The average molecular weight is 386 g/mol. The van der Waals surface area contributed by atoms with E-state index in [0.717, 1.165) is 39.3 Å². The molecule has 1 atom stereocenters. The fraction of sp³-hybridized carbons (Fsp3) is 0.217. The van der Waals surface area contributed by atoms with Gasteiger partial charge in [0.15, 0.2) is 5.88 Å². The fourth-order valence-electron chi connectivity index (χ4n) is 3.79. The number of methoxy groups -OCH3 is 1. The van der Waals surface area contributed by atoms with Crippen LogP contribution in [0.1, 0.15) is 39.4 Å². The number of aromatic nitrogens is 2. The number of hydrogen-bond donors (Lipinski definition) is 2. The Labute approximate surface area is 169 Å². The van der Waals surface area contributed by atoms with Crippen LogP contribution >= 0.6 is 0 Å². The van der Waals surface area contributed by atoms with Crippen molar-refractivity contribution in [3.05, 3.63) is 99.0 Å². The summed E-state index contributed by atoms with van der Waals surface area (Å²) < 4.78 is 11.3. The van der Waals surface area contributed by atoms with Gasteiger partial charge in [0.05, 0.1) is 19.6 Å². The second kappa shape index (κ2) is 7.36. The predicted octanol–water partition coefficient (Wildman–Crippen LogP) is 4.20. The summed E-state index contributed by atoms with van der Waals surface area (Å²) in [6.07, 6.45) is 0.649. The zero-order valence-corrected chi connectivity index (χ0v) is 16.6. The molecule has 0 bridgehead atoms. The summed E-state index contributed by atoms with van der Waals surface area (Å²) in [6, 6.07) is 14.2. The third kappa shape index (κ3) is 3.21. The van der Waals surface area contributed by atoms with Gasteiger partial charge in [0, 0.05) is 17.7 Å². The normalized spacial score (nSPS) is 15.4. The molecule has 6 heteroatoms. The van der Waals surface area contributed by atoms with Crippen molar-refractivity contribution in [3.63, 3.8) is 0 Å². The van der Waals surface area contributed by atoms with E-state index in [9.17, 15) is 0 Å². The Bertz CT molecular complexity index is 1140. The van der Waals surface area contributed by atoms with E-state index in [2.05, 4.69) is 33.2 Å². The van der Waals surface area contributed by atoms with Crippen molar-refractivity contribution in [2.45, 2.75) is 26.2 Å². The summed E-state index contributed by atoms with van der Waals surface area (Å²) in [5.41, 5.74) is 12.4. The summed E-state index contributed by atoms with van der Waals surface area (Å²) in [4.78, 5) is 3.72. The van der Waals surface area contributed by atoms with Gasteiger partial charge in [-0.1, -0.05) is 36.4 Å². The van der Waals surface area contributed by atoms with Gasteiger partial charge in [-0.05, 0) is 42.2 Å². The maximum atomic E-state index is 7.73. The molecule has 29 heavy (non-hydrogen) atoms. The van der Waals surface area contributed by atoms with Crippen LogP contribution < -0.4 is 15.2 Å². The lowest BCUT2D eigenvalue weighted by atomic mass is 9.84. The standard InChI is InChI=1S/C23H22N4O2/c1-13-10-16(12-18(28-4)14(13)2)19-20-17(11-15-8-6-5-7-9-15)26-27-23(20)29-22(24)21(19)25-3/h5-10,12,19H,11,24H2,1-2,4H3,(H,26,27). The summed E-state index contributed by atoms with van der Waals surface area (Å²) >= 11 is 0. The molecule has 1 unspecified atom stereocenters. The molecule has 4 rings (SSSR count). The van der Waals surface area contributed by atoms with Gasteiger partial charge in [-0.15, -0.1) is 5.10 Å². The Balaban J connectivity index is 1.89. The van der Waals surface area contributed by atoms with E-state index >= 15 is 0 Å². The SMILES string of the molecule is [C-]#[N+]C1=C(N)Oc2n[nH]c(Cc3ccccc3)c2C1c1cc(C)c(C)c(OC)c1. The van der Waals surface area contributed by atoms with Gasteiger partial charge in [-0.25, -0.2) is 4.85 Å². The summed E-state index contributed by atoms with van der Waals surface area (Å²) in [5.74, 6) is 0.918. The first-order valence-corrected chi connectivity index (χ1v) is 9.34. The fourth-order valence-corrected chi connectivity index (χ4v) is 3.79. The first kappa shape index (κ1) is 18.6. The molecule has 1 aliphatic heterocycles. The van der Waals surface area contributed by atoms with Crippen LogP contribution in [0.2, 0.25) is 0 Å². The van der Waals surface area contributed by atoms with Crippen LogP contribution in [0.4, 0.5) is 0 Å². The van der Waals surface area contributed by atoms with Crippen LogP contribution in [0.3, 0.4) is 0 Å². The number of nitrogens with one attached hydrogen (secondary N) is 1. The van der Waals surface area contributed by atoms with Crippen molar-refractivity contribution >= 4 is 0 Å². The molecule has 2 heterocycles. The Kier molecular flexibility index (Phi) is 4.73. The lowest BCUT2D eigenvalue weighted by Gasteiger charge is -2.25. The third-order valence-corrected chi connectivity index (χ3v) is 5.41. The molecule has 2 aromatic carbocycles. The number of aryl methyl sites for hydroxylation is 1. The lowest BCUT2D eigenvalue weighted by Crippen LogP contribution is -2.20. The summed E-state index contributed by atoms with van der Waals surface area (Å²) in [7, 11) is 1.65. The van der Waals surface area contributed by atoms with Crippen LogP contribution in [0.5, 0.6) is 11.6 Å². The zero-order chi connectivity index (χ0) is 20.5. The van der Waals surface area contributed by atoms with Gasteiger partial charge in [0.1, 0.15) is 5.75 Å². The number of benzene rings is 2. The first-order valence-electron chi connectivity index (χ1n) is 9.34. The molecule has 0 fully saturated rings. The molecule has 1 aromatic heterocycles. The predicted molar refractivity (Wildman–Crippen MR) is 111 cm³/mol. The Morgan fingerprint density at radius 1 is 1.24 bits per heavy atom. The maximum absolute atomic E-state index is 7.73. The van der Waals surface area contributed by atoms with E-state index in [1.54, 1.807) is 7.11 Å². The van der Waals surface area contributed by atoms with Gasteiger partial charge in [0.2, 0.25) is 11.6 Å². The van der Waals surface area contributed by atoms with Crippen molar-refractivity contribution in [3.8, 4) is 11.6 Å². The second-order valence-electron chi connectivity index (χ2n) is 7.14. The average Bonchev–Trinajstić information content (AvgIpc) is 3.11. The van der Waals surface area contributed by atoms with Gasteiger partial charge >= 0.3 is 0 Å². The number of hydrogen-bond acceptors (Lipinski definition) is 4. The number of ether oxygens (including phenoxy) is 2. The molecule has 3 aromatic rings. The summed E-state index contributed by atoms with van der Waals surface area (Å²) in [6.45, 7) is 11.8. The van der Waals surface area contributed by atoms with Crippen molar-refractivity contribution < 1.29 is 9.47 Å². The van der Waals surface area contributed by atoms with Crippen molar-refractivity contribution in [2.24, 2.45) is 5.73 Å². The molecular formula is C23H22N4O2. The van der Waals surface area contributed by atoms with Gasteiger partial charge in [-0.2, -0.15) is 0 Å². The Morgan fingerprint density at radius 3 is 2.69 bits per heavy atom. The topological polar surface area (TPSA) is 77.5 Å². The minimum atomic E-state index is -0.373. The van der Waals surface area contributed by atoms with Crippen LogP contribution in [-0.2, 0) is 6.42 Å². The molecule has 3 N–H and O–H groups in total. The number of H-pyrrole nitrogens is 1. The van der Waals surface area contributed by atoms with Crippen molar-refractivity contribution in [1.82, 2.24) is 10.2 Å². The minimum Gasteiger partial charge on any atom is -0.496 e. The third-order valence-electron chi connectivity index (χ3n) is 5.41. The van der Waals surface area contributed by atoms with Gasteiger partial charge in [-0.3, -0.25) is 5.10 Å². The van der Waals surface area contributed by atoms with Crippen LogP contribution in [-0.4, -0.2) is 17.3 Å². The Hall–Kier alpha value is -3.72. The van der Waals surface area contributed by atoms with E-state index in [-0.39, 0.29) is 11.8 Å². The van der Waals surface area contributed by atoms with E-state index in [4.69, 9.17) is 21.8 Å². The highest BCUT2D eigenvalue weighted by Gasteiger charge is 2.36. The number of aromatic amines is 1. The second-order valence-corrected chi connectivity index (χ2v) is 7.14. The van der Waals surface area contributed by atoms with Crippen molar-refractivity contribution in [1.29, 1.82) is 0 Å². The smallest absolute Gasteiger partial charge is 0.241 e. The maximum Gasteiger partial charge on any atom is 0.241 e. The number of rotatable bonds is 4. The lowest BCUT2D eigenvalue weighted by molar-refractivity contribution is 0.377. The van der Waals surface area contributed by atoms with E-state index in [0.29, 0.717) is 18.0 Å². The molecule has 0 amide bonds. The summed E-state index contributed by atoms with van der Waals surface area (Å²) in [5, 5.41) is 7.43. The molecule has 0 saturated carbocycles. The highest BCUT2D eigenvalue weighted by molar-refractivity contribution is 5.56. The molecular weight excluding hydrogens is 364 g/mol. The van der Waals surface area contributed by atoms with E-state index in [1.807, 2.05) is 38.1 Å². The van der Waals surface area contributed by atoms with Crippen LogP contribution in [0, 0.1) is 20.4 Å². The molecule has 0 aliphatic carbocycles. The molecule has 0 spiro atoms. The quantitative estimate of drug-likeness (QED) is 0.659. The monoisotopic (exact) mass is 386 g/mol. The molecule has 0 saturated heterocycles. The van der Waals surface area contributed by atoms with Gasteiger partial charge in [0.25, 0.3) is 0 Å². The highest BCUT2D eigenvalue weighted by atomic mass is 16.5. The Morgan fingerprint density at radius 2 is 2.00 bits per heavy atom. The first-order chi connectivity index (χ1) is 14.0. The molecule has 0 radical (unpaired) electrons. The van der Waals surface area contributed by atoms with Crippen molar-refractivity contribution in [2.75, 3.05) is 7.11 Å². The zero-order valence-electron chi connectivity index (χ0n) is 16.6. The van der Waals surface area contributed by atoms with E-state index < -0.39 is 0 Å². The highest BCUT2D eigenvalue weighted by Crippen LogP contribution is 2.45. The molecule has 6 nitrogen and oxygen atoms in total. The largest absolute Gasteiger partial charge is 0.496 e. The van der Waals surface area contributed by atoms with Crippen LogP contribution in [0.25, 0.3) is 4.85 Å². The number of nitrogens with two attached hydrogens (primary N) is 1.